The third kappa shape index (κ3) is 2.63. The Kier molecular flexibility index (Phi) is 3.51. The number of amides is 1. The summed E-state index contributed by atoms with van der Waals surface area (Å²) in [5.74, 6) is -1.29. The van der Waals surface area contributed by atoms with Gasteiger partial charge >= 0.3 is 6.18 Å². The Morgan fingerprint density at radius 1 is 1.36 bits per heavy atom. The maximum atomic E-state index is 12.7. The van der Waals surface area contributed by atoms with Gasteiger partial charge in [0.25, 0.3) is 5.91 Å². The lowest BCUT2D eigenvalue weighted by atomic mass is 9.98. The van der Waals surface area contributed by atoms with E-state index in [4.69, 9.17) is 0 Å². The molecule has 0 unspecified atom stereocenters. The number of alkyl halides is 3. The zero-order valence-corrected chi connectivity index (χ0v) is 11.3. The number of nitrogens with zero attached hydrogens (tertiary/aromatic N) is 1. The van der Waals surface area contributed by atoms with Crippen LogP contribution < -0.4 is 10.6 Å². The molecule has 1 amide bonds. The Morgan fingerprint density at radius 3 is 2.95 bits per heavy atom. The molecule has 1 aromatic carbocycles. The Balaban J connectivity index is 1.83. The first-order valence-electron chi connectivity index (χ1n) is 6.60. The van der Waals surface area contributed by atoms with E-state index < -0.39 is 11.9 Å². The van der Waals surface area contributed by atoms with E-state index in [2.05, 4.69) is 20.0 Å². The minimum absolute atomic E-state index is 0.136. The van der Waals surface area contributed by atoms with Crippen molar-refractivity contribution in [2.45, 2.75) is 19.1 Å². The predicted molar refractivity (Wildman–Crippen MR) is 71.3 cm³/mol. The van der Waals surface area contributed by atoms with E-state index in [-0.39, 0.29) is 18.1 Å². The highest BCUT2D eigenvalue weighted by Crippen LogP contribution is 2.32. The monoisotopic (exact) mass is 311 g/mol. The largest absolute Gasteiger partial charge is 0.451 e. The second-order valence-corrected chi connectivity index (χ2v) is 4.82. The molecule has 22 heavy (non-hydrogen) atoms. The van der Waals surface area contributed by atoms with Gasteiger partial charge in [0, 0.05) is 17.8 Å². The SMILES string of the molecule is O=C1NCCc2c(NCc3ncoc3C(F)(F)F)cccc21. The Morgan fingerprint density at radius 2 is 2.18 bits per heavy atom. The van der Waals surface area contributed by atoms with Crippen molar-refractivity contribution in [3.63, 3.8) is 0 Å². The van der Waals surface area contributed by atoms with Crippen molar-refractivity contribution in [3.8, 4) is 0 Å². The lowest BCUT2D eigenvalue weighted by molar-refractivity contribution is -0.153. The van der Waals surface area contributed by atoms with Crippen LogP contribution in [0.15, 0.2) is 29.0 Å². The first-order chi connectivity index (χ1) is 10.5. The maximum Gasteiger partial charge on any atom is 0.451 e. The van der Waals surface area contributed by atoms with Gasteiger partial charge in [0.2, 0.25) is 5.76 Å². The van der Waals surface area contributed by atoms with Crippen LogP contribution in [0.4, 0.5) is 18.9 Å². The summed E-state index contributed by atoms with van der Waals surface area (Å²) in [5, 5.41) is 5.63. The molecule has 1 aliphatic heterocycles. The second kappa shape index (κ2) is 5.36. The van der Waals surface area contributed by atoms with Crippen molar-refractivity contribution in [1.29, 1.82) is 0 Å². The topological polar surface area (TPSA) is 67.2 Å². The Hall–Kier alpha value is -2.51. The van der Waals surface area contributed by atoms with E-state index in [1.807, 2.05) is 0 Å². The van der Waals surface area contributed by atoms with Crippen LogP contribution in [-0.4, -0.2) is 17.4 Å². The summed E-state index contributed by atoms with van der Waals surface area (Å²) in [7, 11) is 0. The van der Waals surface area contributed by atoms with Crippen molar-refractivity contribution >= 4 is 11.6 Å². The van der Waals surface area contributed by atoms with E-state index >= 15 is 0 Å². The van der Waals surface area contributed by atoms with Crippen LogP contribution in [0, 0.1) is 0 Å². The van der Waals surface area contributed by atoms with E-state index in [0.29, 0.717) is 24.2 Å². The fourth-order valence-electron chi connectivity index (χ4n) is 2.44. The van der Waals surface area contributed by atoms with E-state index in [1.165, 1.54) is 0 Å². The molecular weight excluding hydrogens is 299 g/mol. The Bertz CT molecular complexity index is 710. The van der Waals surface area contributed by atoms with E-state index in [0.717, 1.165) is 12.0 Å². The van der Waals surface area contributed by atoms with E-state index in [9.17, 15) is 18.0 Å². The van der Waals surface area contributed by atoms with Crippen molar-refractivity contribution < 1.29 is 22.4 Å². The standard InChI is InChI=1S/C14H12F3N3O2/c15-14(16,17)12-11(20-7-22-12)6-19-10-3-1-2-9-8(10)4-5-18-13(9)21/h1-3,7,19H,4-6H2,(H,18,21). The molecule has 0 radical (unpaired) electrons. The van der Waals surface area contributed by atoms with Crippen molar-refractivity contribution in [2.75, 3.05) is 11.9 Å². The number of hydrogen-bond donors (Lipinski definition) is 2. The van der Waals surface area contributed by atoms with Gasteiger partial charge in [-0.1, -0.05) is 6.07 Å². The normalized spacial score (nSPS) is 14.4. The second-order valence-electron chi connectivity index (χ2n) is 4.82. The molecule has 0 spiro atoms. The molecule has 0 aliphatic carbocycles. The van der Waals surface area contributed by atoms with Gasteiger partial charge in [-0.2, -0.15) is 13.2 Å². The van der Waals surface area contributed by atoms with Crippen molar-refractivity contribution in [1.82, 2.24) is 10.3 Å². The lowest BCUT2D eigenvalue weighted by Crippen LogP contribution is -2.32. The third-order valence-corrected chi connectivity index (χ3v) is 3.43. The fraction of sp³-hybridized carbons (Fsp3) is 0.286. The number of hydrogen-bond acceptors (Lipinski definition) is 4. The van der Waals surface area contributed by atoms with Crippen LogP contribution in [0.2, 0.25) is 0 Å². The van der Waals surface area contributed by atoms with E-state index in [1.54, 1.807) is 18.2 Å². The van der Waals surface area contributed by atoms with Crippen LogP contribution in [0.1, 0.15) is 27.4 Å². The number of anilines is 1. The summed E-state index contributed by atoms with van der Waals surface area (Å²) in [6.07, 6.45) is -3.19. The van der Waals surface area contributed by atoms with Gasteiger partial charge in [-0.3, -0.25) is 4.79 Å². The average Bonchev–Trinajstić information content (AvgIpc) is 2.94. The van der Waals surface area contributed by atoms with Gasteiger partial charge in [0.05, 0.1) is 6.54 Å². The van der Waals surface area contributed by atoms with Gasteiger partial charge in [-0.25, -0.2) is 4.98 Å². The van der Waals surface area contributed by atoms with Crippen LogP contribution >= 0.6 is 0 Å². The first kappa shape index (κ1) is 14.4. The number of carbonyl (C=O) groups is 1. The summed E-state index contributed by atoms with van der Waals surface area (Å²) in [4.78, 5) is 15.3. The highest BCUT2D eigenvalue weighted by atomic mass is 19.4. The molecule has 8 heteroatoms. The molecule has 2 N–H and O–H groups in total. The minimum Gasteiger partial charge on any atom is -0.439 e. The molecule has 0 saturated heterocycles. The molecule has 0 bridgehead atoms. The molecule has 2 aromatic rings. The highest BCUT2D eigenvalue weighted by Gasteiger charge is 2.38. The van der Waals surface area contributed by atoms with Crippen LogP contribution in [0.25, 0.3) is 0 Å². The maximum absolute atomic E-state index is 12.7. The number of carbonyl (C=O) groups excluding carboxylic acids is 1. The molecule has 2 heterocycles. The number of aromatic nitrogens is 1. The molecule has 0 atom stereocenters. The molecule has 0 fully saturated rings. The quantitative estimate of drug-likeness (QED) is 0.914. The zero-order chi connectivity index (χ0) is 15.7. The summed E-state index contributed by atoms with van der Waals surface area (Å²) in [5.41, 5.74) is 1.74. The van der Waals surface area contributed by atoms with Gasteiger partial charge in [-0.15, -0.1) is 0 Å². The van der Waals surface area contributed by atoms with Crippen LogP contribution in [-0.2, 0) is 19.1 Å². The summed E-state index contributed by atoms with van der Waals surface area (Å²) >= 11 is 0. The van der Waals surface area contributed by atoms with Gasteiger partial charge in [0.1, 0.15) is 5.69 Å². The lowest BCUT2D eigenvalue weighted by Gasteiger charge is -2.20. The summed E-state index contributed by atoms with van der Waals surface area (Å²) in [6, 6.07) is 5.09. The molecule has 3 rings (SSSR count). The summed E-state index contributed by atoms with van der Waals surface area (Å²) < 4.78 is 42.6. The number of rotatable bonds is 3. The molecule has 0 saturated carbocycles. The Labute approximate surface area is 123 Å². The minimum atomic E-state index is -4.58. The summed E-state index contributed by atoms with van der Waals surface area (Å²) in [6.45, 7) is 0.367. The molecule has 1 aromatic heterocycles. The number of halogens is 3. The number of fused-ring (bicyclic) bond motifs is 1. The molecular formula is C14H12F3N3O2. The molecule has 1 aliphatic rings. The number of benzene rings is 1. The predicted octanol–water partition coefficient (Wildman–Crippen LogP) is 2.59. The zero-order valence-electron chi connectivity index (χ0n) is 11.3. The number of oxazole rings is 1. The van der Waals surface area contributed by atoms with Gasteiger partial charge in [-0.05, 0) is 24.1 Å². The number of nitrogens with one attached hydrogen (secondary N) is 2. The van der Waals surface area contributed by atoms with Crippen LogP contribution in [0.3, 0.4) is 0 Å². The third-order valence-electron chi connectivity index (χ3n) is 3.43. The smallest absolute Gasteiger partial charge is 0.439 e. The van der Waals surface area contributed by atoms with Gasteiger partial charge < -0.3 is 15.1 Å². The highest BCUT2D eigenvalue weighted by molar-refractivity contribution is 5.98. The fourth-order valence-corrected chi connectivity index (χ4v) is 2.44. The van der Waals surface area contributed by atoms with Crippen LogP contribution in [0.5, 0.6) is 0 Å². The van der Waals surface area contributed by atoms with Crippen molar-refractivity contribution in [2.24, 2.45) is 0 Å². The first-order valence-corrected chi connectivity index (χ1v) is 6.60. The molecule has 116 valence electrons. The van der Waals surface area contributed by atoms with Gasteiger partial charge in [0.15, 0.2) is 6.39 Å². The van der Waals surface area contributed by atoms with Crippen molar-refractivity contribution in [3.05, 3.63) is 47.2 Å². The molecule has 5 nitrogen and oxygen atoms in total. The average molecular weight is 311 g/mol.